The van der Waals surface area contributed by atoms with Gasteiger partial charge in [0.15, 0.2) is 0 Å². The van der Waals surface area contributed by atoms with E-state index in [-0.39, 0.29) is 0 Å². The molecule has 1 heterocycles. The van der Waals surface area contributed by atoms with E-state index in [0.29, 0.717) is 0 Å². The number of aliphatic carboxylic acids is 1. The Morgan fingerprint density at radius 1 is 1.28 bits per heavy atom. The van der Waals surface area contributed by atoms with Gasteiger partial charge >= 0.3 is 5.97 Å². The molecule has 3 rings (SSSR count). The molecule has 4 heteroatoms. The van der Waals surface area contributed by atoms with Gasteiger partial charge in [-0.25, -0.2) is 4.98 Å². The van der Waals surface area contributed by atoms with E-state index in [1.807, 2.05) is 35.0 Å². The standard InChI is InChI=1S/C14H14N2O2/c17-13(18)14(6-1-7-14)11-2-4-12(5-3-11)16-9-8-15-10-16/h2-5,8-10H,1,6-7H2,(H,17,18). The number of aromatic nitrogens is 2. The van der Waals surface area contributed by atoms with Gasteiger partial charge in [-0.3, -0.25) is 4.79 Å². The van der Waals surface area contributed by atoms with Crippen molar-refractivity contribution in [3.05, 3.63) is 48.5 Å². The summed E-state index contributed by atoms with van der Waals surface area (Å²) in [6, 6.07) is 7.73. The number of benzene rings is 1. The van der Waals surface area contributed by atoms with E-state index in [1.165, 1.54) is 0 Å². The topological polar surface area (TPSA) is 55.1 Å². The molecule has 0 unspecified atom stereocenters. The highest BCUT2D eigenvalue weighted by Gasteiger charge is 2.45. The molecule has 0 atom stereocenters. The number of rotatable bonds is 3. The fourth-order valence-electron chi connectivity index (χ4n) is 2.52. The van der Waals surface area contributed by atoms with E-state index < -0.39 is 11.4 Å². The molecular weight excluding hydrogens is 228 g/mol. The van der Waals surface area contributed by atoms with Crippen LogP contribution in [0.4, 0.5) is 0 Å². The Kier molecular flexibility index (Phi) is 2.44. The van der Waals surface area contributed by atoms with Gasteiger partial charge in [-0.2, -0.15) is 0 Å². The van der Waals surface area contributed by atoms with E-state index in [1.54, 1.807) is 12.5 Å². The average Bonchev–Trinajstić information content (AvgIpc) is 2.81. The second-order valence-corrected chi connectivity index (χ2v) is 4.76. The Balaban J connectivity index is 1.94. The molecular formula is C14H14N2O2. The van der Waals surface area contributed by atoms with Crippen molar-refractivity contribution in [2.75, 3.05) is 0 Å². The highest BCUT2D eigenvalue weighted by Crippen LogP contribution is 2.44. The SMILES string of the molecule is O=C(O)C1(c2ccc(-n3ccnc3)cc2)CCC1. The van der Waals surface area contributed by atoms with E-state index >= 15 is 0 Å². The Bertz CT molecular complexity index is 554. The fraction of sp³-hybridized carbons (Fsp3) is 0.286. The molecule has 1 fully saturated rings. The molecule has 0 spiro atoms. The van der Waals surface area contributed by atoms with Crippen LogP contribution in [0, 0.1) is 0 Å². The maximum Gasteiger partial charge on any atom is 0.314 e. The molecule has 4 nitrogen and oxygen atoms in total. The monoisotopic (exact) mass is 242 g/mol. The molecule has 1 aromatic heterocycles. The highest BCUT2D eigenvalue weighted by atomic mass is 16.4. The number of carboxylic acids is 1. The van der Waals surface area contributed by atoms with Crippen LogP contribution in [0.2, 0.25) is 0 Å². The van der Waals surface area contributed by atoms with Gasteiger partial charge in [0.1, 0.15) is 0 Å². The Labute approximate surface area is 105 Å². The molecule has 18 heavy (non-hydrogen) atoms. The second-order valence-electron chi connectivity index (χ2n) is 4.76. The predicted molar refractivity (Wildman–Crippen MR) is 66.7 cm³/mol. The predicted octanol–water partition coefficient (Wildman–Crippen LogP) is 2.38. The first kappa shape index (κ1) is 11.0. The van der Waals surface area contributed by atoms with E-state index in [0.717, 1.165) is 30.5 Å². The van der Waals surface area contributed by atoms with Crippen molar-refractivity contribution in [1.82, 2.24) is 9.55 Å². The first-order chi connectivity index (χ1) is 8.72. The van der Waals surface area contributed by atoms with Crippen molar-refractivity contribution in [3.8, 4) is 5.69 Å². The quantitative estimate of drug-likeness (QED) is 0.899. The minimum absolute atomic E-state index is 0.645. The number of hydrogen-bond acceptors (Lipinski definition) is 2. The summed E-state index contributed by atoms with van der Waals surface area (Å²) in [6.45, 7) is 0. The zero-order valence-corrected chi connectivity index (χ0v) is 9.91. The van der Waals surface area contributed by atoms with Crippen molar-refractivity contribution in [3.63, 3.8) is 0 Å². The maximum absolute atomic E-state index is 11.4. The van der Waals surface area contributed by atoms with Crippen LogP contribution in [0.5, 0.6) is 0 Å². The lowest BCUT2D eigenvalue weighted by atomic mass is 9.64. The molecule has 92 valence electrons. The molecule has 1 aliphatic carbocycles. The Hall–Kier alpha value is -2.10. The number of nitrogens with zero attached hydrogens (tertiary/aromatic N) is 2. The van der Waals surface area contributed by atoms with E-state index in [9.17, 15) is 9.90 Å². The number of hydrogen-bond donors (Lipinski definition) is 1. The first-order valence-corrected chi connectivity index (χ1v) is 6.05. The lowest BCUT2D eigenvalue weighted by Crippen LogP contribution is -2.42. The normalized spacial score (nSPS) is 17.1. The van der Waals surface area contributed by atoms with Crippen LogP contribution >= 0.6 is 0 Å². The van der Waals surface area contributed by atoms with Crippen molar-refractivity contribution >= 4 is 5.97 Å². The molecule has 0 bridgehead atoms. The second kappa shape index (κ2) is 3.98. The molecule has 2 aromatic rings. The first-order valence-electron chi connectivity index (χ1n) is 6.05. The lowest BCUT2D eigenvalue weighted by Gasteiger charge is -2.38. The smallest absolute Gasteiger partial charge is 0.314 e. The summed E-state index contributed by atoms with van der Waals surface area (Å²) in [5, 5.41) is 9.38. The van der Waals surface area contributed by atoms with Gasteiger partial charge in [0.25, 0.3) is 0 Å². The van der Waals surface area contributed by atoms with Gasteiger partial charge in [0.2, 0.25) is 0 Å². The summed E-state index contributed by atoms with van der Waals surface area (Å²) in [5.74, 6) is -0.705. The van der Waals surface area contributed by atoms with Crippen LogP contribution in [-0.4, -0.2) is 20.6 Å². The van der Waals surface area contributed by atoms with Crippen molar-refractivity contribution < 1.29 is 9.90 Å². The van der Waals surface area contributed by atoms with Crippen LogP contribution in [-0.2, 0) is 10.2 Å². The molecule has 0 amide bonds. The van der Waals surface area contributed by atoms with Gasteiger partial charge in [0.05, 0.1) is 11.7 Å². The molecule has 1 saturated carbocycles. The van der Waals surface area contributed by atoms with Crippen LogP contribution in [0.15, 0.2) is 43.0 Å². The van der Waals surface area contributed by atoms with Crippen LogP contribution in [0.1, 0.15) is 24.8 Å². The largest absolute Gasteiger partial charge is 0.481 e. The minimum Gasteiger partial charge on any atom is -0.481 e. The van der Waals surface area contributed by atoms with Gasteiger partial charge < -0.3 is 9.67 Å². The summed E-state index contributed by atoms with van der Waals surface area (Å²) in [7, 11) is 0. The van der Waals surface area contributed by atoms with E-state index in [2.05, 4.69) is 4.98 Å². The van der Waals surface area contributed by atoms with Crippen molar-refractivity contribution in [2.24, 2.45) is 0 Å². The van der Waals surface area contributed by atoms with Crippen molar-refractivity contribution in [1.29, 1.82) is 0 Å². The zero-order valence-electron chi connectivity index (χ0n) is 9.91. The summed E-state index contributed by atoms with van der Waals surface area (Å²) in [4.78, 5) is 15.4. The van der Waals surface area contributed by atoms with Gasteiger partial charge in [-0.15, -0.1) is 0 Å². The zero-order chi connectivity index (χ0) is 12.6. The highest BCUT2D eigenvalue weighted by molar-refractivity contribution is 5.82. The molecule has 1 aliphatic rings. The summed E-state index contributed by atoms with van der Waals surface area (Å²) in [5.41, 5.74) is 1.26. The van der Waals surface area contributed by atoms with Gasteiger partial charge in [-0.05, 0) is 30.5 Å². The summed E-state index contributed by atoms with van der Waals surface area (Å²) < 4.78 is 1.90. The number of carbonyl (C=O) groups is 1. The number of carboxylic acid groups (broad SMARTS) is 1. The van der Waals surface area contributed by atoms with Crippen LogP contribution in [0.25, 0.3) is 5.69 Å². The van der Waals surface area contributed by atoms with Crippen LogP contribution in [0.3, 0.4) is 0 Å². The minimum atomic E-state index is -0.705. The lowest BCUT2D eigenvalue weighted by molar-refractivity contribution is -0.147. The molecule has 0 radical (unpaired) electrons. The van der Waals surface area contributed by atoms with E-state index in [4.69, 9.17) is 0 Å². The van der Waals surface area contributed by atoms with Gasteiger partial charge in [0, 0.05) is 18.1 Å². The third-order valence-electron chi connectivity index (χ3n) is 3.84. The molecule has 1 aromatic carbocycles. The molecule has 1 N–H and O–H groups in total. The third-order valence-corrected chi connectivity index (χ3v) is 3.84. The summed E-state index contributed by atoms with van der Waals surface area (Å²) in [6.07, 6.45) is 7.80. The average molecular weight is 242 g/mol. The fourth-order valence-corrected chi connectivity index (χ4v) is 2.52. The Morgan fingerprint density at radius 2 is 2.00 bits per heavy atom. The maximum atomic E-state index is 11.4. The van der Waals surface area contributed by atoms with Crippen LogP contribution < -0.4 is 0 Å². The number of imidazole rings is 1. The third kappa shape index (κ3) is 1.53. The van der Waals surface area contributed by atoms with Gasteiger partial charge in [-0.1, -0.05) is 18.6 Å². The molecule has 0 saturated heterocycles. The Morgan fingerprint density at radius 3 is 2.44 bits per heavy atom. The summed E-state index contributed by atoms with van der Waals surface area (Å²) >= 11 is 0. The van der Waals surface area contributed by atoms with Crippen molar-refractivity contribution in [2.45, 2.75) is 24.7 Å². The molecule has 0 aliphatic heterocycles.